The molecule has 13 heavy (non-hydrogen) atoms. The first-order valence-electron chi connectivity index (χ1n) is 6.09. The van der Waals surface area contributed by atoms with Gasteiger partial charge in [0.1, 0.15) is 0 Å². The highest BCUT2D eigenvalue weighted by Crippen LogP contribution is 2.20. The lowest BCUT2D eigenvalue weighted by Gasteiger charge is -2.30. The summed E-state index contributed by atoms with van der Waals surface area (Å²) >= 11 is 0. The highest BCUT2D eigenvalue weighted by molar-refractivity contribution is 4.70. The molecule has 0 aliphatic carbocycles. The highest BCUT2D eigenvalue weighted by Gasteiger charge is 2.16. The van der Waals surface area contributed by atoms with Gasteiger partial charge in [0.15, 0.2) is 0 Å². The molecular formula is C12H27N. The van der Waals surface area contributed by atoms with Crippen molar-refractivity contribution < 1.29 is 0 Å². The van der Waals surface area contributed by atoms with Crippen molar-refractivity contribution in [2.24, 2.45) is 5.92 Å². The van der Waals surface area contributed by atoms with E-state index in [0.29, 0.717) is 0 Å². The van der Waals surface area contributed by atoms with Crippen molar-refractivity contribution in [3.63, 3.8) is 0 Å². The van der Waals surface area contributed by atoms with Gasteiger partial charge in [0.25, 0.3) is 0 Å². The van der Waals surface area contributed by atoms with Gasteiger partial charge in [-0.1, -0.05) is 40.5 Å². The molecule has 0 aromatic rings. The first-order chi connectivity index (χ1) is 6.36. The highest BCUT2D eigenvalue weighted by atomic mass is 15.1. The molecule has 1 rings (SSSR count). The van der Waals surface area contributed by atoms with Crippen molar-refractivity contribution in [3.8, 4) is 0 Å². The van der Waals surface area contributed by atoms with Crippen LogP contribution in [0.4, 0.5) is 0 Å². The smallest absolute Gasteiger partial charge is 0.00162 e. The normalized spacial score (nSPS) is 19.4. The molecule has 1 heteroatoms. The van der Waals surface area contributed by atoms with Crippen LogP contribution in [0.15, 0.2) is 0 Å². The quantitative estimate of drug-likeness (QED) is 0.650. The van der Waals surface area contributed by atoms with E-state index < -0.39 is 0 Å². The van der Waals surface area contributed by atoms with E-state index in [2.05, 4.69) is 18.7 Å². The third-order valence-corrected chi connectivity index (χ3v) is 2.85. The lowest BCUT2D eigenvalue weighted by atomic mass is 9.93. The first-order valence-corrected chi connectivity index (χ1v) is 6.09. The van der Waals surface area contributed by atoms with E-state index in [9.17, 15) is 0 Å². The zero-order valence-corrected chi connectivity index (χ0v) is 9.97. The summed E-state index contributed by atoms with van der Waals surface area (Å²) in [4.78, 5) is 2.56. The molecule has 0 aromatic heterocycles. The van der Waals surface area contributed by atoms with Crippen LogP contribution in [0, 0.1) is 5.92 Å². The lowest BCUT2D eigenvalue weighted by molar-refractivity contribution is 0.186. The van der Waals surface area contributed by atoms with Gasteiger partial charge in [-0.25, -0.2) is 0 Å². The molecule has 0 bridgehead atoms. The van der Waals surface area contributed by atoms with E-state index in [1.54, 1.807) is 0 Å². The van der Waals surface area contributed by atoms with Crippen molar-refractivity contribution >= 4 is 0 Å². The Kier molecular flexibility index (Phi) is 8.53. The number of rotatable bonds is 3. The second-order valence-electron chi connectivity index (χ2n) is 3.67. The van der Waals surface area contributed by atoms with Crippen LogP contribution in [-0.2, 0) is 0 Å². The summed E-state index contributed by atoms with van der Waals surface area (Å²) in [5, 5.41) is 0. The predicted octanol–water partition coefficient (Wildman–Crippen LogP) is 3.54. The van der Waals surface area contributed by atoms with E-state index >= 15 is 0 Å². The lowest BCUT2D eigenvalue weighted by Crippen LogP contribution is -2.33. The van der Waals surface area contributed by atoms with E-state index in [0.717, 1.165) is 5.92 Å². The van der Waals surface area contributed by atoms with Crippen LogP contribution in [-0.4, -0.2) is 24.5 Å². The Balaban J connectivity index is 0.000000671. The molecule has 0 unspecified atom stereocenters. The van der Waals surface area contributed by atoms with Crippen molar-refractivity contribution in [2.45, 2.75) is 53.4 Å². The zero-order chi connectivity index (χ0) is 10.1. The Morgan fingerprint density at radius 3 is 2.00 bits per heavy atom. The SMILES string of the molecule is CC.CCCC1CCN(CC)CC1. The Morgan fingerprint density at radius 1 is 1.08 bits per heavy atom. The molecule has 1 aliphatic rings. The fraction of sp³-hybridized carbons (Fsp3) is 1.00. The van der Waals surface area contributed by atoms with Gasteiger partial charge < -0.3 is 4.90 Å². The fourth-order valence-electron chi connectivity index (χ4n) is 2.00. The molecular weight excluding hydrogens is 158 g/mol. The third-order valence-electron chi connectivity index (χ3n) is 2.85. The Morgan fingerprint density at radius 2 is 1.62 bits per heavy atom. The van der Waals surface area contributed by atoms with Crippen LogP contribution in [0.2, 0.25) is 0 Å². The number of hydrogen-bond acceptors (Lipinski definition) is 1. The van der Waals surface area contributed by atoms with Crippen molar-refractivity contribution in [3.05, 3.63) is 0 Å². The summed E-state index contributed by atoms with van der Waals surface area (Å²) < 4.78 is 0. The number of hydrogen-bond donors (Lipinski definition) is 0. The molecule has 0 radical (unpaired) electrons. The monoisotopic (exact) mass is 185 g/mol. The first kappa shape index (κ1) is 13.0. The van der Waals surface area contributed by atoms with Crippen LogP contribution in [0.5, 0.6) is 0 Å². The molecule has 0 saturated carbocycles. The van der Waals surface area contributed by atoms with Gasteiger partial charge in [0, 0.05) is 0 Å². The maximum absolute atomic E-state index is 2.56. The zero-order valence-electron chi connectivity index (χ0n) is 9.97. The number of piperidine rings is 1. The molecule has 1 saturated heterocycles. The summed E-state index contributed by atoms with van der Waals surface area (Å²) in [6.07, 6.45) is 5.72. The molecule has 1 heterocycles. The van der Waals surface area contributed by atoms with Crippen molar-refractivity contribution in [1.82, 2.24) is 4.90 Å². The largest absolute Gasteiger partial charge is 0.304 e. The van der Waals surface area contributed by atoms with E-state index in [-0.39, 0.29) is 0 Å². The molecule has 0 spiro atoms. The summed E-state index contributed by atoms with van der Waals surface area (Å²) in [7, 11) is 0. The summed E-state index contributed by atoms with van der Waals surface area (Å²) in [5.41, 5.74) is 0. The van der Waals surface area contributed by atoms with Crippen LogP contribution < -0.4 is 0 Å². The van der Waals surface area contributed by atoms with Gasteiger partial charge in [0.2, 0.25) is 0 Å². The van der Waals surface area contributed by atoms with Gasteiger partial charge >= 0.3 is 0 Å². The van der Waals surface area contributed by atoms with E-state index in [1.165, 1.54) is 45.3 Å². The van der Waals surface area contributed by atoms with Crippen LogP contribution >= 0.6 is 0 Å². The molecule has 0 amide bonds. The van der Waals surface area contributed by atoms with Gasteiger partial charge in [-0.05, 0) is 38.4 Å². The van der Waals surface area contributed by atoms with E-state index in [4.69, 9.17) is 0 Å². The van der Waals surface area contributed by atoms with Crippen molar-refractivity contribution in [2.75, 3.05) is 19.6 Å². The Labute approximate surface area is 84.5 Å². The van der Waals surface area contributed by atoms with Gasteiger partial charge in [0.05, 0.1) is 0 Å². The fourth-order valence-corrected chi connectivity index (χ4v) is 2.00. The molecule has 0 aromatic carbocycles. The van der Waals surface area contributed by atoms with Gasteiger partial charge in [-0.3, -0.25) is 0 Å². The number of nitrogens with zero attached hydrogens (tertiary/aromatic N) is 1. The third kappa shape index (κ3) is 5.30. The molecule has 80 valence electrons. The molecule has 1 nitrogen and oxygen atoms in total. The summed E-state index contributed by atoms with van der Waals surface area (Å²) in [6, 6.07) is 0. The second-order valence-corrected chi connectivity index (χ2v) is 3.67. The minimum atomic E-state index is 1.04. The predicted molar refractivity (Wildman–Crippen MR) is 61.1 cm³/mol. The van der Waals surface area contributed by atoms with Gasteiger partial charge in [-0.2, -0.15) is 0 Å². The minimum Gasteiger partial charge on any atom is -0.304 e. The van der Waals surface area contributed by atoms with Crippen LogP contribution in [0.25, 0.3) is 0 Å². The molecule has 0 N–H and O–H groups in total. The standard InChI is InChI=1S/C10H21N.C2H6/c1-3-5-10-6-8-11(4-2)9-7-10;1-2/h10H,3-9H2,1-2H3;1-2H3. The Hall–Kier alpha value is -0.0400. The number of likely N-dealkylation sites (tertiary alicyclic amines) is 1. The van der Waals surface area contributed by atoms with Crippen molar-refractivity contribution in [1.29, 1.82) is 0 Å². The minimum absolute atomic E-state index is 1.04. The maximum atomic E-state index is 2.56. The molecule has 1 fully saturated rings. The summed E-state index contributed by atoms with van der Waals surface area (Å²) in [5.74, 6) is 1.04. The van der Waals surface area contributed by atoms with Crippen LogP contribution in [0.1, 0.15) is 53.4 Å². The average Bonchev–Trinajstić information content (AvgIpc) is 2.23. The Bertz CT molecular complexity index is 93.3. The summed E-state index contributed by atoms with van der Waals surface area (Å²) in [6.45, 7) is 12.5. The topological polar surface area (TPSA) is 3.24 Å². The van der Waals surface area contributed by atoms with Crippen LogP contribution in [0.3, 0.4) is 0 Å². The molecule has 1 aliphatic heterocycles. The molecule has 0 atom stereocenters. The second kappa shape index (κ2) is 8.55. The van der Waals surface area contributed by atoms with Gasteiger partial charge in [-0.15, -0.1) is 0 Å². The average molecular weight is 185 g/mol. The maximum Gasteiger partial charge on any atom is -0.00162 e. The van der Waals surface area contributed by atoms with E-state index in [1.807, 2.05) is 13.8 Å².